The van der Waals surface area contributed by atoms with Crippen molar-refractivity contribution < 1.29 is 4.74 Å². The molecule has 28 heavy (non-hydrogen) atoms. The molecule has 3 rings (SSSR count). The highest BCUT2D eigenvalue weighted by molar-refractivity contribution is 5.79. The van der Waals surface area contributed by atoms with Gasteiger partial charge in [0.05, 0.1) is 13.7 Å². The summed E-state index contributed by atoms with van der Waals surface area (Å²) in [6, 6.07) is 12.0. The number of rotatable bonds is 7. The average Bonchev–Trinajstić information content (AvgIpc) is 3.16. The van der Waals surface area contributed by atoms with Crippen LogP contribution in [0.2, 0.25) is 0 Å². The maximum absolute atomic E-state index is 5.19. The maximum atomic E-state index is 5.19. The molecule has 0 saturated carbocycles. The van der Waals surface area contributed by atoms with E-state index in [-0.39, 0.29) is 0 Å². The molecule has 3 aromatic rings. The Morgan fingerprint density at radius 3 is 2.46 bits per heavy atom. The van der Waals surface area contributed by atoms with Crippen molar-refractivity contribution in [2.45, 2.75) is 26.9 Å². The van der Waals surface area contributed by atoms with Crippen LogP contribution in [-0.4, -0.2) is 34.1 Å². The first-order chi connectivity index (χ1) is 13.7. The Morgan fingerprint density at radius 2 is 1.86 bits per heavy atom. The summed E-state index contributed by atoms with van der Waals surface area (Å²) in [7, 11) is 1.67. The van der Waals surface area contributed by atoms with Gasteiger partial charge in [0.25, 0.3) is 0 Å². The van der Waals surface area contributed by atoms with Gasteiger partial charge in [-0.3, -0.25) is 4.57 Å². The van der Waals surface area contributed by atoms with E-state index in [1.165, 1.54) is 0 Å². The monoisotopic (exact) mass is 378 g/mol. The molecule has 1 aromatic carbocycles. The van der Waals surface area contributed by atoms with Crippen molar-refractivity contribution in [2.75, 3.05) is 13.7 Å². The number of pyridine rings is 1. The summed E-state index contributed by atoms with van der Waals surface area (Å²) in [5, 5.41) is 6.62. The van der Waals surface area contributed by atoms with E-state index in [0.717, 1.165) is 41.0 Å². The van der Waals surface area contributed by atoms with Gasteiger partial charge in [-0.25, -0.2) is 15.0 Å². The van der Waals surface area contributed by atoms with Crippen molar-refractivity contribution in [3.05, 3.63) is 71.9 Å². The molecule has 0 radical (unpaired) electrons. The topological polar surface area (TPSA) is 76.4 Å². The Balaban J connectivity index is 1.61. The summed E-state index contributed by atoms with van der Waals surface area (Å²) in [5.41, 5.74) is 2.20. The van der Waals surface area contributed by atoms with Crippen LogP contribution in [0.25, 0.3) is 5.82 Å². The Morgan fingerprint density at radius 1 is 1.07 bits per heavy atom. The fraction of sp³-hybridized carbons (Fsp3) is 0.286. The summed E-state index contributed by atoms with van der Waals surface area (Å²) >= 11 is 0. The van der Waals surface area contributed by atoms with Crippen LogP contribution in [0.5, 0.6) is 5.75 Å². The normalized spacial score (nSPS) is 11.3. The van der Waals surface area contributed by atoms with E-state index in [2.05, 4.69) is 25.6 Å². The lowest BCUT2D eigenvalue weighted by atomic mass is 10.2. The zero-order valence-corrected chi connectivity index (χ0v) is 16.5. The van der Waals surface area contributed by atoms with Crippen LogP contribution in [0.4, 0.5) is 0 Å². The number of hydrogen-bond acceptors (Lipinski definition) is 4. The third kappa shape index (κ3) is 5.09. The number of benzene rings is 1. The van der Waals surface area contributed by atoms with Crippen LogP contribution in [0.1, 0.15) is 23.9 Å². The predicted molar refractivity (Wildman–Crippen MR) is 111 cm³/mol. The number of nitrogens with zero attached hydrogens (tertiary/aromatic N) is 4. The Hall–Kier alpha value is -3.35. The van der Waals surface area contributed by atoms with E-state index in [9.17, 15) is 0 Å². The van der Waals surface area contributed by atoms with E-state index in [1.807, 2.05) is 67.2 Å². The van der Waals surface area contributed by atoms with Crippen LogP contribution in [0, 0.1) is 6.92 Å². The van der Waals surface area contributed by atoms with Gasteiger partial charge in [-0.1, -0.05) is 18.2 Å². The number of nitrogens with one attached hydrogen (secondary N) is 2. The molecule has 7 heteroatoms. The number of aryl methyl sites for hydroxylation is 1. The van der Waals surface area contributed by atoms with E-state index < -0.39 is 0 Å². The van der Waals surface area contributed by atoms with Gasteiger partial charge in [0.2, 0.25) is 0 Å². The lowest BCUT2D eigenvalue weighted by Crippen LogP contribution is -2.36. The maximum Gasteiger partial charge on any atom is 0.191 e. The van der Waals surface area contributed by atoms with Crippen molar-refractivity contribution >= 4 is 5.96 Å². The van der Waals surface area contributed by atoms with Crippen molar-refractivity contribution in [1.29, 1.82) is 0 Å². The Labute approximate surface area is 165 Å². The minimum absolute atomic E-state index is 0.550. The molecule has 2 heterocycles. The van der Waals surface area contributed by atoms with Gasteiger partial charge in [0.15, 0.2) is 5.96 Å². The van der Waals surface area contributed by atoms with Crippen LogP contribution < -0.4 is 15.4 Å². The molecule has 0 aliphatic carbocycles. The van der Waals surface area contributed by atoms with Crippen LogP contribution >= 0.6 is 0 Å². The summed E-state index contributed by atoms with van der Waals surface area (Å²) < 4.78 is 7.14. The largest absolute Gasteiger partial charge is 0.497 e. The SMILES string of the molecule is CCNC(=NCc1ccc(-n2ccnc2C)nc1)NCc1ccc(OC)cc1. The number of aliphatic imine (C=N–C) groups is 1. The lowest BCUT2D eigenvalue weighted by Gasteiger charge is -2.12. The molecule has 0 amide bonds. The number of ether oxygens (including phenoxy) is 1. The predicted octanol–water partition coefficient (Wildman–Crippen LogP) is 2.84. The number of methoxy groups -OCH3 is 1. The van der Waals surface area contributed by atoms with E-state index in [1.54, 1.807) is 13.3 Å². The smallest absolute Gasteiger partial charge is 0.191 e. The second-order valence-electron chi connectivity index (χ2n) is 6.27. The summed E-state index contributed by atoms with van der Waals surface area (Å²) in [4.78, 5) is 13.4. The second-order valence-corrected chi connectivity index (χ2v) is 6.27. The van der Waals surface area contributed by atoms with Crippen molar-refractivity contribution in [1.82, 2.24) is 25.2 Å². The minimum Gasteiger partial charge on any atom is -0.497 e. The second kappa shape index (κ2) is 9.55. The average molecular weight is 378 g/mol. The molecule has 2 aromatic heterocycles. The van der Waals surface area contributed by atoms with Crippen LogP contribution in [-0.2, 0) is 13.1 Å². The molecule has 0 bridgehead atoms. The standard InChI is InChI=1S/C21H26N6O/c1-4-22-21(25-13-17-5-8-19(28-3)9-6-17)26-15-18-7-10-20(24-14-18)27-12-11-23-16(27)2/h5-12,14H,4,13,15H2,1-3H3,(H2,22,25,26). The highest BCUT2D eigenvalue weighted by atomic mass is 16.5. The fourth-order valence-electron chi connectivity index (χ4n) is 2.71. The first kappa shape index (κ1) is 19.4. The lowest BCUT2D eigenvalue weighted by molar-refractivity contribution is 0.414. The Kier molecular flexibility index (Phi) is 6.62. The highest BCUT2D eigenvalue weighted by Gasteiger charge is 2.03. The van der Waals surface area contributed by atoms with E-state index in [4.69, 9.17) is 4.74 Å². The van der Waals surface area contributed by atoms with Crippen molar-refractivity contribution in [3.63, 3.8) is 0 Å². The Bertz CT molecular complexity index is 899. The zero-order valence-electron chi connectivity index (χ0n) is 16.5. The van der Waals surface area contributed by atoms with Gasteiger partial charge in [0, 0.05) is 31.7 Å². The molecular weight excluding hydrogens is 352 g/mol. The van der Waals surface area contributed by atoms with Gasteiger partial charge < -0.3 is 15.4 Å². The van der Waals surface area contributed by atoms with E-state index in [0.29, 0.717) is 13.1 Å². The molecule has 0 aliphatic heterocycles. The third-order valence-electron chi connectivity index (χ3n) is 4.26. The molecule has 0 fully saturated rings. The van der Waals surface area contributed by atoms with E-state index >= 15 is 0 Å². The van der Waals surface area contributed by atoms with Gasteiger partial charge in [0.1, 0.15) is 17.4 Å². The molecule has 2 N–H and O–H groups in total. The van der Waals surface area contributed by atoms with Crippen LogP contribution in [0.3, 0.4) is 0 Å². The molecular formula is C21H26N6O. The molecule has 7 nitrogen and oxygen atoms in total. The highest BCUT2D eigenvalue weighted by Crippen LogP contribution is 2.11. The van der Waals surface area contributed by atoms with Gasteiger partial charge in [-0.15, -0.1) is 0 Å². The first-order valence-electron chi connectivity index (χ1n) is 9.30. The van der Waals surface area contributed by atoms with Crippen molar-refractivity contribution in [3.8, 4) is 11.6 Å². The number of imidazole rings is 1. The molecule has 146 valence electrons. The summed E-state index contributed by atoms with van der Waals surface area (Å²) in [6.45, 7) is 6.04. The molecule has 0 aliphatic rings. The summed E-state index contributed by atoms with van der Waals surface area (Å²) in [6.07, 6.45) is 5.53. The summed E-state index contributed by atoms with van der Waals surface area (Å²) in [5.74, 6) is 3.39. The van der Waals surface area contributed by atoms with Gasteiger partial charge in [-0.05, 0) is 43.2 Å². The zero-order chi connectivity index (χ0) is 19.8. The van der Waals surface area contributed by atoms with Crippen LogP contribution in [0.15, 0.2) is 60.0 Å². The number of hydrogen-bond donors (Lipinski definition) is 2. The first-order valence-corrected chi connectivity index (χ1v) is 9.30. The minimum atomic E-state index is 0.550. The number of guanidine groups is 1. The molecule has 0 unspecified atom stereocenters. The number of aromatic nitrogens is 3. The quantitative estimate of drug-likeness (QED) is 0.488. The molecule has 0 saturated heterocycles. The third-order valence-corrected chi connectivity index (χ3v) is 4.26. The molecule has 0 atom stereocenters. The van der Waals surface area contributed by atoms with Gasteiger partial charge in [-0.2, -0.15) is 0 Å². The fourth-order valence-corrected chi connectivity index (χ4v) is 2.71. The van der Waals surface area contributed by atoms with Crippen molar-refractivity contribution in [2.24, 2.45) is 4.99 Å². The van der Waals surface area contributed by atoms with Gasteiger partial charge >= 0.3 is 0 Å². The molecule has 0 spiro atoms.